The van der Waals surface area contributed by atoms with Crippen molar-refractivity contribution >= 4 is 27.6 Å². The third kappa shape index (κ3) is 4.47. The van der Waals surface area contributed by atoms with Crippen LogP contribution in [-0.4, -0.2) is 48.0 Å². The standard InChI is InChI=1S/C14H21BrN2O3/c1-10-4-5-12(11(15)6-10)16-13(20)17(3)7-14(2,8-18)9-19/h4-6,18-19H,7-9H2,1-3H3,(H,16,20). The molecule has 112 valence electrons. The van der Waals surface area contributed by atoms with Crippen molar-refractivity contribution < 1.29 is 15.0 Å². The van der Waals surface area contributed by atoms with Crippen LogP contribution in [0.3, 0.4) is 0 Å². The number of aliphatic hydroxyl groups is 2. The van der Waals surface area contributed by atoms with Gasteiger partial charge in [0.1, 0.15) is 0 Å². The van der Waals surface area contributed by atoms with E-state index >= 15 is 0 Å². The number of carbonyl (C=O) groups is 1. The van der Waals surface area contributed by atoms with Crippen molar-refractivity contribution in [3.8, 4) is 0 Å². The highest BCUT2D eigenvalue weighted by molar-refractivity contribution is 9.10. The predicted octanol–water partition coefficient (Wildman–Crippen LogP) is 2.21. The number of amides is 2. The second kappa shape index (κ2) is 7.06. The average Bonchev–Trinajstić information content (AvgIpc) is 2.41. The molecule has 0 radical (unpaired) electrons. The number of aryl methyl sites for hydroxylation is 1. The number of nitrogens with one attached hydrogen (secondary N) is 1. The zero-order valence-electron chi connectivity index (χ0n) is 12.0. The molecule has 0 saturated carbocycles. The van der Waals surface area contributed by atoms with E-state index < -0.39 is 5.41 Å². The van der Waals surface area contributed by atoms with Gasteiger partial charge in [-0.15, -0.1) is 0 Å². The minimum atomic E-state index is -0.712. The highest BCUT2D eigenvalue weighted by Gasteiger charge is 2.26. The molecule has 1 rings (SSSR count). The van der Waals surface area contributed by atoms with E-state index in [0.717, 1.165) is 10.0 Å². The third-order valence-electron chi connectivity index (χ3n) is 3.10. The first kappa shape index (κ1) is 16.9. The summed E-state index contributed by atoms with van der Waals surface area (Å²) in [5, 5.41) is 21.3. The molecular weight excluding hydrogens is 324 g/mol. The molecule has 0 saturated heterocycles. The number of nitrogens with zero attached hydrogens (tertiary/aromatic N) is 1. The van der Waals surface area contributed by atoms with E-state index in [4.69, 9.17) is 0 Å². The van der Waals surface area contributed by atoms with Crippen LogP contribution in [-0.2, 0) is 0 Å². The molecular formula is C14H21BrN2O3. The van der Waals surface area contributed by atoms with Crippen molar-refractivity contribution in [3.05, 3.63) is 28.2 Å². The lowest BCUT2D eigenvalue weighted by molar-refractivity contribution is 0.0509. The molecule has 3 N–H and O–H groups in total. The SMILES string of the molecule is Cc1ccc(NC(=O)N(C)CC(C)(CO)CO)c(Br)c1. The first-order chi connectivity index (χ1) is 9.31. The highest BCUT2D eigenvalue weighted by atomic mass is 79.9. The van der Waals surface area contributed by atoms with Crippen molar-refractivity contribution in [1.29, 1.82) is 0 Å². The molecule has 0 aliphatic carbocycles. The number of urea groups is 1. The molecule has 0 unspecified atom stereocenters. The summed E-state index contributed by atoms with van der Waals surface area (Å²) in [5.41, 5.74) is 1.06. The van der Waals surface area contributed by atoms with Crippen molar-refractivity contribution in [1.82, 2.24) is 4.90 Å². The summed E-state index contributed by atoms with van der Waals surface area (Å²) in [5.74, 6) is 0. The fourth-order valence-electron chi connectivity index (χ4n) is 1.73. The third-order valence-corrected chi connectivity index (χ3v) is 3.75. The number of benzene rings is 1. The lowest BCUT2D eigenvalue weighted by Gasteiger charge is -2.30. The smallest absolute Gasteiger partial charge is 0.321 e. The van der Waals surface area contributed by atoms with E-state index in [9.17, 15) is 15.0 Å². The molecule has 2 amide bonds. The zero-order chi connectivity index (χ0) is 15.3. The molecule has 0 fully saturated rings. The highest BCUT2D eigenvalue weighted by Crippen LogP contribution is 2.24. The summed E-state index contributed by atoms with van der Waals surface area (Å²) in [6.45, 7) is 3.58. The molecule has 0 heterocycles. The van der Waals surface area contributed by atoms with Gasteiger partial charge in [0.25, 0.3) is 0 Å². The minimum Gasteiger partial charge on any atom is -0.396 e. The molecule has 0 aromatic heterocycles. The Morgan fingerprint density at radius 2 is 2.00 bits per heavy atom. The normalized spacial score (nSPS) is 11.3. The predicted molar refractivity (Wildman–Crippen MR) is 82.8 cm³/mol. The van der Waals surface area contributed by atoms with Crippen LogP contribution < -0.4 is 5.32 Å². The topological polar surface area (TPSA) is 72.8 Å². The summed E-state index contributed by atoms with van der Waals surface area (Å²) in [7, 11) is 1.63. The molecule has 5 nitrogen and oxygen atoms in total. The number of aliphatic hydroxyl groups excluding tert-OH is 2. The lowest BCUT2D eigenvalue weighted by Crippen LogP contribution is -2.43. The van der Waals surface area contributed by atoms with Crippen LogP contribution in [0.5, 0.6) is 0 Å². The van der Waals surface area contributed by atoms with Gasteiger partial charge in [-0.05, 0) is 40.5 Å². The molecule has 0 aliphatic heterocycles. The molecule has 6 heteroatoms. The van der Waals surface area contributed by atoms with E-state index in [1.165, 1.54) is 4.90 Å². The lowest BCUT2D eigenvalue weighted by atomic mass is 9.92. The second-order valence-electron chi connectivity index (χ2n) is 5.40. The first-order valence-corrected chi connectivity index (χ1v) is 7.10. The van der Waals surface area contributed by atoms with Crippen LogP contribution in [0.15, 0.2) is 22.7 Å². The molecule has 1 aromatic rings. The quantitative estimate of drug-likeness (QED) is 0.766. The Balaban J connectivity index is 2.71. The van der Waals surface area contributed by atoms with Crippen LogP contribution in [0.4, 0.5) is 10.5 Å². The van der Waals surface area contributed by atoms with Crippen molar-refractivity contribution in [3.63, 3.8) is 0 Å². The maximum absolute atomic E-state index is 12.1. The van der Waals surface area contributed by atoms with Crippen LogP contribution in [0.1, 0.15) is 12.5 Å². The van der Waals surface area contributed by atoms with Gasteiger partial charge in [-0.3, -0.25) is 0 Å². The fourth-order valence-corrected chi connectivity index (χ4v) is 2.32. The van der Waals surface area contributed by atoms with E-state index in [1.807, 2.05) is 25.1 Å². The summed E-state index contributed by atoms with van der Waals surface area (Å²) >= 11 is 3.40. The molecule has 0 bridgehead atoms. The van der Waals surface area contributed by atoms with Gasteiger partial charge < -0.3 is 20.4 Å². The first-order valence-electron chi connectivity index (χ1n) is 6.31. The Bertz CT molecular complexity index is 475. The maximum Gasteiger partial charge on any atom is 0.321 e. The summed E-state index contributed by atoms with van der Waals surface area (Å²) < 4.78 is 0.811. The van der Waals surface area contributed by atoms with E-state index in [0.29, 0.717) is 5.69 Å². The van der Waals surface area contributed by atoms with Crippen LogP contribution in [0.25, 0.3) is 0 Å². The Morgan fingerprint density at radius 1 is 1.40 bits per heavy atom. The molecule has 1 aromatic carbocycles. The van der Waals surface area contributed by atoms with E-state index in [2.05, 4.69) is 21.2 Å². The van der Waals surface area contributed by atoms with Gasteiger partial charge in [0, 0.05) is 23.5 Å². The Kier molecular flexibility index (Phi) is 5.98. The minimum absolute atomic E-state index is 0.185. The fraction of sp³-hybridized carbons (Fsp3) is 0.500. The number of hydrogen-bond acceptors (Lipinski definition) is 3. The van der Waals surface area contributed by atoms with Crippen LogP contribution >= 0.6 is 15.9 Å². The van der Waals surface area contributed by atoms with Gasteiger partial charge >= 0.3 is 6.03 Å². The second-order valence-corrected chi connectivity index (χ2v) is 6.25. The van der Waals surface area contributed by atoms with Gasteiger partial charge in [-0.2, -0.15) is 0 Å². The Hall–Kier alpha value is -1.11. The monoisotopic (exact) mass is 344 g/mol. The van der Waals surface area contributed by atoms with Crippen LogP contribution in [0.2, 0.25) is 0 Å². The van der Waals surface area contributed by atoms with E-state index in [1.54, 1.807) is 14.0 Å². The zero-order valence-corrected chi connectivity index (χ0v) is 13.6. The van der Waals surface area contributed by atoms with Gasteiger partial charge in [-0.25, -0.2) is 4.79 Å². The van der Waals surface area contributed by atoms with Crippen LogP contribution in [0, 0.1) is 12.3 Å². The van der Waals surface area contributed by atoms with Gasteiger partial charge in [0.15, 0.2) is 0 Å². The van der Waals surface area contributed by atoms with E-state index in [-0.39, 0.29) is 25.8 Å². The van der Waals surface area contributed by atoms with Crippen molar-refractivity contribution in [2.75, 3.05) is 32.1 Å². The summed E-state index contributed by atoms with van der Waals surface area (Å²) in [4.78, 5) is 13.5. The van der Waals surface area contributed by atoms with Crippen molar-refractivity contribution in [2.45, 2.75) is 13.8 Å². The Labute approximate surface area is 127 Å². The summed E-state index contributed by atoms with van der Waals surface area (Å²) in [6.07, 6.45) is 0. The van der Waals surface area contributed by atoms with Crippen molar-refractivity contribution in [2.24, 2.45) is 5.41 Å². The number of rotatable bonds is 5. The Morgan fingerprint density at radius 3 is 2.50 bits per heavy atom. The average molecular weight is 345 g/mol. The van der Waals surface area contributed by atoms with Gasteiger partial charge in [-0.1, -0.05) is 13.0 Å². The maximum atomic E-state index is 12.1. The number of hydrogen-bond donors (Lipinski definition) is 3. The number of anilines is 1. The molecule has 20 heavy (non-hydrogen) atoms. The molecule has 0 spiro atoms. The number of carbonyl (C=O) groups excluding carboxylic acids is 1. The number of halogens is 1. The molecule has 0 aliphatic rings. The molecule has 0 atom stereocenters. The largest absolute Gasteiger partial charge is 0.396 e. The van der Waals surface area contributed by atoms with Gasteiger partial charge in [0.05, 0.1) is 18.9 Å². The summed E-state index contributed by atoms with van der Waals surface area (Å²) in [6, 6.07) is 5.36. The van der Waals surface area contributed by atoms with Gasteiger partial charge in [0.2, 0.25) is 0 Å².